The minimum absolute atomic E-state index is 0.0658. The Morgan fingerprint density at radius 3 is 2.65 bits per heavy atom. The fourth-order valence-corrected chi connectivity index (χ4v) is 1.45. The smallest absolute Gasteiger partial charge is 0.269 e. The first-order chi connectivity index (χ1) is 8.16. The topological polar surface area (TPSA) is 84.8 Å². The predicted molar refractivity (Wildman–Crippen MR) is 60.3 cm³/mol. The zero-order valence-corrected chi connectivity index (χ0v) is 8.91. The fourth-order valence-electron chi connectivity index (χ4n) is 1.45. The van der Waals surface area contributed by atoms with E-state index >= 15 is 0 Å². The second-order valence-corrected chi connectivity index (χ2v) is 3.49. The third-order valence-electron chi connectivity index (χ3n) is 2.32. The molecule has 0 atom stereocenters. The molecule has 0 saturated heterocycles. The highest BCUT2D eigenvalue weighted by Crippen LogP contribution is 2.12. The van der Waals surface area contributed by atoms with Gasteiger partial charge in [0.05, 0.1) is 11.5 Å². The van der Waals surface area contributed by atoms with Crippen molar-refractivity contribution in [3.8, 4) is 0 Å². The molecule has 0 fully saturated rings. The van der Waals surface area contributed by atoms with Crippen molar-refractivity contribution >= 4 is 5.69 Å². The van der Waals surface area contributed by atoms with Crippen LogP contribution in [0.1, 0.15) is 5.56 Å². The Labute approximate surface area is 96.8 Å². The number of hydrogen-bond acceptors (Lipinski definition) is 4. The van der Waals surface area contributed by atoms with Crippen LogP contribution in [-0.4, -0.2) is 14.5 Å². The van der Waals surface area contributed by atoms with Crippen molar-refractivity contribution in [2.24, 2.45) is 0 Å². The Morgan fingerprint density at radius 2 is 2.06 bits per heavy atom. The standard InChI is InChI=1S/C11H10N4O2/c12-11-13-6-1-7-14(11)8-9-2-4-10(5-3-9)15(16)17/h1-7,12H,8H2. The maximum Gasteiger partial charge on any atom is 0.269 e. The normalized spacial score (nSPS) is 10.1. The van der Waals surface area contributed by atoms with Gasteiger partial charge in [0.15, 0.2) is 0 Å². The molecule has 0 unspecified atom stereocenters. The van der Waals surface area contributed by atoms with Crippen molar-refractivity contribution in [2.45, 2.75) is 6.54 Å². The molecule has 0 bridgehead atoms. The number of nitro groups is 1. The van der Waals surface area contributed by atoms with Gasteiger partial charge >= 0.3 is 0 Å². The summed E-state index contributed by atoms with van der Waals surface area (Å²) in [6.07, 6.45) is 3.30. The highest BCUT2D eigenvalue weighted by Gasteiger charge is 2.04. The minimum Gasteiger partial charge on any atom is -0.313 e. The highest BCUT2D eigenvalue weighted by atomic mass is 16.6. The molecule has 17 heavy (non-hydrogen) atoms. The SMILES string of the molecule is N=c1ncccn1Cc1ccc([N+](=O)[O-])cc1. The number of nitrogens with one attached hydrogen (secondary N) is 1. The van der Waals surface area contributed by atoms with Crippen LogP contribution in [0.3, 0.4) is 0 Å². The molecule has 0 radical (unpaired) electrons. The summed E-state index contributed by atoms with van der Waals surface area (Å²) in [5.74, 6) is 0. The quantitative estimate of drug-likeness (QED) is 0.637. The molecule has 6 nitrogen and oxygen atoms in total. The molecule has 0 saturated carbocycles. The molecule has 1 aromatic carbocycles. The molecular weight excluding hydrogens is 220 g/mol. The Balaban J connectivity index is 2.23. The predicted octanol–water partition coefficient (Wildman–Crippen LogP) is 1.32. The Hall–Kier alpha value is -2.50. The van der Waals surface area contributed by atoms with Gasteiger partial charge in [0.2, 0.25) is 5.62 Å². The molecular formula is C11H10N4O2. The fraction of sp³-hybridized carbons (Fsp3) is 0.0909. The Kier molecular flexibility index (Phi) is 2.95. The van der Waals surface area contributed by atoms with Crippen molar-refractivity contribution in [2.75, 3.05) is 0 Å². The van der Waals surface area contributed by atoms with Crippen LogP contribution in [0.5, 0.6) is 0 Å². The number of hydrogen-bond donors (Lipinski definition) is 1. The van der Waals surface area contributed by atoms with Gasteiger partial charge in [-0.1, -0.05) is 12.1 Å². The average molecular weight is 230 g/mol. The van der Waals surface area contributed by atoms with Gasteiger partial charge in [0.25, 0.3) is 5.69 Å². The van der Waals surface area contributed by atoms with Crippen LogP contribution in [0.15, 0.2) is 42.7 Å². The van der Waals surface area contributed by atoms with Crippen LogP contribution < -0.4 is 5.62 Å². The monoisotopic (exact) mass is 230 g/mol. The largest absolute Gasteiger partial charge is 0.313 e. The van der Waals surface area contributed by atoms with Crippen molar-refractivity contribution in [3.05, 3.63) is 64.0 Å². The summed E-state index contributed by atoms with van der Waals surface area (Å²) in [6, 6.07) is 8.00. The summed E-state index contributed by atoms with van der Waals surface area (Å²) in [4.78, 5) is 13.9. The van der Waals surface area contributed by atoms with Crippen LogP contribution >= 0.6 is 0 Å². The summed E-state index contributed by atoms with van der Waals surface area (Å²) >= 11 is 0. The van der Waals surface area contributed by atoms with E-state index in [0.29, 0.717) is 6.54 Å². The molecule has 6 heteroatoms. The Morgan fingerprint density at radius 1 is 1.35 bits per heavy atom. The molecule has 2 rings (SSSR count). The van der Waals surface area contributed by atoms with Crippen LogP contribution in [-0.2, 0) is 6.54 Å². The summed E-state index contributed by atoms with van der Waals surface area (Å²) in [5.41, 5.74) is 1.11. The van der Waals surface area contributed by atoms with Gasteiger partial charge in [-0.25, -0.2) is 4.98 Å². The second-order valence-electron chi connectivity index (χ2n) is 3.49. The van der Waals surface area contributed by atoms with Crippen LogP contribution in [0.25, 0.3) is 0 Å². The molecule has 2 aromatic rings. The van der Waals surface area contributed by atoms with E-state index in [4.69, 9.17) is 5.41 Å². The lowest BCUT2D eigenvalue weighted by Gasteiger charge is -2.05. The van der Waals surface area contributed by atoms with Gasteiger partial charge in [-0.3, -0.25) is 15.5 Å². The first-order valence-electron chi connectivity index (χ1n) is 4.96. The van der Waals surface area contributed by atoms with E-state index in [1.807, 2.05) is 0 Å². The molecule has 0 amide bonds. The van der Waals surface area contributed by atoms with Gasteiger partial charge in [-0.2, -0.15) is 0 Å². The van der Waals surface area contributed by atoms with E-state index in [1.54, 1.807) is 35.2 Å². The van der Waals surface area contributed by atoms with Crippen LogP contribution in [0.2, 0.25) is 0 Å². The molecule has 1 aromatic heterocycles. The third kappa shape index (κ3) is 2.54. The molecule has 1 N–H and O–H groups in total. The van der Waals surface area contributed by atoms with E-state index in [1.165, 1.54) is 12.1 Å². The lowest BCUT2D eigenvalue weighted by molar-refractivity contribution is -0.384. The first kappa shape index (κ1) is 11.0. The zero-order chi connectivity index (χ0) is 12.3. The average Bonchev–Trinajstić information content (AvgIpc) is 2.33. The Bertz CT molecular complexity index is 589. The van der Waals surface area contributed by atoms with Crippen LogP contribution in [0.4, 0.5) is 5.69 Å². The van der Waals surface area contributed by atoms with Crippen molar-refractivity contribution in [3.63, 3.8) is 0 Å². The van der Waals surface area contributed by atoms with Crippen molar-refractivity contribution in [1.29, 1.82) is 5.41 Å². The number of nitrogens with zero attached hydrogens (tertiary/aromatic N) is 3. The highest BCUT2D eigenvalue weighted by molar-refractivity contribution is 5.32. The lowest BCUT2D eigenvalue weighted by atomic mass is 10.2. The van der Waals surface area contributed by atoms with Crippen molar-refractivity contribution < 1.29 is 4.92 Å². The van der Waals surface area contributed by atoms with Crippen molar-refractivity contribution in [1.82, 2.24) is 9.55 Å². The summed E-state index contributed by atoms with van der Waals surface area (Å²) in [5, 5.41) is 18.1. The first-order valence-corrected chi connectivity index (χ1v) is 4.96. The minimum atomic E-state index is -0.434. The van der Waals surface area contributed by atoms with Gasteiger partial charge in [-0.05, 0) is 11.6 Å². The van der Waals surface area contributed by atoms with E-state index in [0.717, 1.165) is 5.56 Å². The molecule has 0 aliphatic rings. The summed E-state index contributed by atoms with van der Waals surface area (Å²) < 4.78 is 1.65. The number of rotatable bonds is 3. The van der Waals surface area contributed by atoms with E-state index in [9.17, 15) is 10.1 Å². The molecule has 86 valence electrons. The molecule has 0 aliphatic heterocycles. The number of benzene rings is 1. The van der Waals surface area contributed by atoms with Gasteiger partial charge < -0.3 is 4.57 Å². The molecule has 1 heterocycles. The van der Waals surface area contributed by atoms with E-state index in [2.05, 4.69) is 4.98 Å². The number of nitro benzene ring substituents is 1. The zero-order valence-electron chi connectivity index (χ0n) is 8.91. The van der Waals surface area contributed by atoms with Gasteiger partial charge in [0.1, 0.15) is 0 Å². The van der Waals surface area contributed by atoms with Gasteiger partial charge in [0, 0.05) is 24.5 Å². The second kappa shape index (κ2) is 4.56. The molecule has 0 spiro atoms. The maximum atomic E-state index is 10.5. The number of non-ortho nitro benzene ring substituents is 1. The van der Waals surface area contributed by atoms with Crippen LogP contribution in [0, 0.1) is 15.5 Å². The maximum absolute atomic E-state index is 10.5. The third-order valence-corrected chi connectivity index (χ3v) is 2.32. The number of aromatic nitrogens is 2. The van der Waals surface area contributed by atoms with Gasteiger partial charge in [-0.15, -0.1) is 0 Å². The van der Waals surface area contributed by atoms with E-state index < -0.39 is 4.92 Å². The summed E-state index contributed by atoms with van der Waals surface area (Å²) in [7, 11) is 0. The molecule has 0 aliphatic carbocycles. The van der Waals surface area contributed by atoms with E-state index in [-0.39, 0.29) is 11.3 Å². The lowest BCUT2D eigenvalue weighted by Crippen LogP contribution is -2.22. The summed E-state index contributed by atoms with van der Waals surface area (Å²) in [6.45, 7) is 0.477.